The molecular weight excluding hydrogens is 240 g/mol. The summed E-state index contributed by atoms with van der Waals surface area (Å²) in [6.45, 7) is 1.51. The van der Waals surface area contributed by atoms with E-state index in [1.807, 2.05) is 18.2 Å². The second-order valence-electron chi connectivity index (χ2n) is 5.33. The number of nitrogens with one attached hydrogen (secondary N) is 2. The van der Waals surface area contributed by atoms with Crippen LogP contribution in [0.3, 0.4) is 0 Å². The number of fused-ring (bicyclic) bond motifs is 1. The van der Waals surface area contributed by atoms with Gasteiger partial charge in [0.05, 0.1) is 12.1 Å². The average Bonchev–Trinajstić information content (AvgIpc) is 2.48. The number of carbonyl (C=O) groups is 1. The molecule has 2 heterocycles. The van der Waals surface area contributed by atoms with Gasteiger partial charge in [0.25, 0.3) is 0 Å². The molecule has 1 amide bonds. The summed E-state index contributed by atoms with van der Waals surface area (Å²) in [6.07, 6.45) is 4.10. The van der Waals surface area contributed by atoms with Crippen LogP contribution in [0.15, 0.2) is 24.3 Å². The van der Waals surface area contributed by atoms with Crippen molar-refractivity contribution in [2.75, 3.05) is 13.2 Å². The van der Waals surface area contributed by atoms with Crippen LogP contribution in [0, 0.1) is 0 Å². The lowest BCUT2D eigenvalue weighted by atomic mass is 10.0. The quantitative estimate of drug-likeness (QED) is 0.841. The molecule has 2 N–H and O–H groups in total. The van der Waals surface area contributed by atoms with E-state index in [9.17, 15) is 4.79 Å². The van der Waals surface area contributed by atoms with Gasteiger partial charge in [-0.3, -0.25) is 4.79 Å². The molecule has 2 atom stereocenters. The largest absolute Gasteiger partial charge is 0.491 e. The molecular formula is C15H20N2O2. The Bertz CT molecular complexity index is 455. The predicted octanol–water partition coefficient (Wildman–Crippen LogP) is 1.25. The highest BCUT2D eigenvalue weighted by Gasteiger charge is 2.25. The fourth-order valence-electron chi connectivity index (χ4n) is 2.80. The van der Waals surface area contributed by atoms with Gasteiger partial charge in [0.15, 0.2) is 0 Å². The summed E-state index contributed by atoms with van der Waals surface area (Å²) in [6, 6.07) is 8.10. The second-order valence-corrected chi connectivity index (χ2v) is 5.33. The summed E-state index contributed by atoms with van der Waals surface area (Å²) in [5, 5.41) is 6.38. The van der Waals surface area contributed by atoms with Gasteiger partial charge in [0, 0.05) is 0 Å². The fourth-order valence-corrected chi connectivity index (χ4v) is 2.80. The Labute approximate surface area is 113 Å². The molecule has 0 spiro atoms. The zero-order valence-electron chi connectivity index (χ0n) is 11.0. The molecule has 0 aliphatic carbocycles. The van der Waals surface area contributed by atoms with Crippen LogP contribution < -0.4 is 15.4 Å². The van der Waals surface area contributed by atoms with Crippen molar-refractivity contribution in [3.05, 3.63) is 29.8 Å². The molecule has 0 bridgehead atoms. The topological polar surface area (TPSA) is 50.4 Å². The van der Waals surface area contributed by atoms with Crippen LogP contribution >= 0.6 is 0 Å². The van der Waals surface area contributed by atoms with E-state index in [-0.39, 0.29) is 18.0 Å². The summed E-state index contributed by atoms with van der Waals surface area (Å²) >= 11 is 0. The van der Waals surface area contributed by atoms with Crippen molar-refractivity contribution in [2.24, 2.45) is 0 Å². The van der Waals surface area contributed by atoms with Crippen molar-refractivity contribution in [3.63, 3.8) is 0 Å². The van der Waals surface area contributed by atoms with Crippen molar-refractivity contribution < 1.29 is 9.53 Å². The molecule has 2 aliphatic rings. The van der Waals surface area contributed by atoms with Gasteiger partial charge in [-0.05, 0) is 37.4 Å². The Hall–Kier alpha value is -1.55. The van der Waals surface area contributed by atoms with Gasteiger partial charge in [0.1, 0.15) is 12.4 Å². The highest BCUT2D eigenvalue weighted by atomic mass is 16.5. The van der Waals surface area contributed by atoms with E-state index in [4.69, 9.17) is 4.74 Å². The number of para-hydroxylation sites is 1. The van der Waals surface area contributed by atoms with Gasteiger partial charge in [0.2, 0.25) is 5.91 Å². The lowest BCUT2D eigenvalue weighted by Crippen LogP contribution is -2.52. The van der Waals surface area contributed by atoms with Gasteiger partial charge in [-0.1, -0.05) is 24.6 Å². The molecule has 19 heavy (non-hydrogen) atoms. The molecule has 0 aromatic heterocycles. The molecule has 2 aliphatic heterocycles. The third-order valence-electron chi connectivity index (χ3n) is 3.85. The maximum atomic E-state index is 12.1. The minimum atomic E-state index is -0.0223. The number of amides is 1. The van der Waals surface area contributed by atoms with Crippen LogP contribution in [-0.2, 0) is 11.2 Å². The number of hydrogen-bond acceptors (Lipinski definition) is 3. The van der Waals surface area contributed by atoms with Crippen molar-refractivity contribution in [1.82, 2.24) is 10.6 Å². The average molecular weight is 260 g/mol. The van der Waals surface area contributed by atoms with Crippen LogP contribution in [0.5, 0.6) is 5.75 Å². The van der Waals surface area contributed by atoms with Gasteiger partial charge < -0.3 is 15.4 Å². The Kier molecular flexibility index (Phi) is 3.69. The highest BCUT2D eigenvalue weighted by Crippen LogP contribution is 2.24. The van der Waals surface area contributed by atoms with Crippen molar-refractivity contribution in [3.8, 4) is 5.75 Å². The molecule has 3 rings (SSSR count). The number of hydrogen-bond donors (Lipinski definition) is 2. The van der Waals surface area contributed by atoms with Crippen LogP contribution in [0.25, 0.3) is 0 Å². The number of carbonyl (C=O) groups excluding carboxylic acids is 1. The van der Waals surface area contributed by atoms with Crippen LogP contribution in [0.2, 0.25) is 0 Å². The standard InChI is InChI=1S/C15H20N2O2/c18-15(13-6-3-4-8-16-13)17-12-9-11-5-1-2-7-14(11)19-10-12/h1-2,5,7,12-13,16H,3-4,6,8-10H2,(H,17,18)/t12?,13-/m0/s1. The molecule has 1 unspecified atom stereocenters. The first-order chi connectivity index (χ1) is 9.33. The number of ether oxygens (including phenoxy) is 1. The number of benzene rings is 1. The Morgan fingerprint density at radius 3 is 3.05 bits per heavy atom. The lowest BCUT2D eigenvalue weighted by Gasteiger charge is -2.29. The summed E-state index contributed by atoms with van der Waals surface area (Å²) in [5.41, 5.74) is 1.18. The first-order valence-electron chi connectivity index (χ1n) is 7.07. The molecule has 0 saturated carbocycles. The second kappa shape index (κ2) is 5.61. The van der Waals surface area contributed by atoms with Crippen molar-refractivity contribution in [1.29, 1.82) is 0 Å². The van der Waals surface area contributed by atoms with Crippen molar-refractivity contribution >= 4 is 5.91 Å². The van der Waals surface area contributed by atoms with Gasteiger partial charge >= 0.3 is 0 Å². The first-order valence-corrected chi connectivity index (χ1v) is 7.07. The van der Waals surface area contributed by atoms with Gasteiger partial charge in [-0.25, -0.2) is 0 Å². The van der Waals surface area contributed by atoms with E-state index >= 15 is 0 Å². The monoisotopic (exact) mass is 260 g/mol. The van der Waals surface area contributed by atoms with Gasteiger partial charge in [-0.2, -0.15) is 0 Å². The first kappa shape index (κ1) is 12.5. The molecule has 1 fully saturated rings. The zero-order chi connectivity index (χ0) is 13.1. The normalized spacial score (nSPS) is 26.1. The van der Waals surface area contributed by atoms with E-state index in [2.05, 4.69) is 16.7 Å². The summed E-state index contributed by atoms with van der Waals surface area (Å²) in [7, 11) is 0. The van der Waals surface area contributed by atoms with Crippen LogP contribution in [0.1, 0.15) is 24.8 Å². The van der Waals surface area contributed by atoms with E-state index in [1.54, 1.807) is 0 Å². The smallest absolute Gasteiger partial charge is 0.237 e. The maximum Gasteiger partial charge on any atom is 0.237 e. The van der Waals surface area contributed by atoms with E-state index in [1.165, 1.54) is 12.0 Å². The van der Waals surface area contributed by atoms with Crippen molar-refractivity contribution in [2.45, 2.75) is 37.8 Å². The Morgan fingerprint density at radius 1 is 1.32 bits per heavy atom. The van der Waals surface area contributed by atoms with E-state index in [0.29, 0.717) is 6.61 Å². The maximum absolute atomic E-state index is 12.1. The minimum Gasteiger partial charge on any atom is -0.491 e. The molecule has 102 valence electrons. The number of rotatable bonds is 2. The zero-order valence-corrected chi connectivity index (χ0v) is 11.0. The van der Waals surface area contributed by atoms with E-state index in [0.717, 1.165) is 31.6 Å². The summed E-state index contributed by atoms with van der Waals surface area (Å²) in [4.78, 5) is 12.1. The Morgan fingerprint density at radius 2 is 2.21 bits per heavy atom. The third kappa shape index (κ3) is 2.89. The molecule has 4 heteroatoms. The summed E-state index contributed by atoms with van der Waals surface area (Å²) < 4.78 is 5.69. The lowest BCUT2D eigenvalue weighted by molar-refractivity contribution is -0.124. The molecule has 4 nitrogen and oxygen atoms in total. The number of piperidine rings is 1. The predicted molar refractivity (Wildman–Crippen MR) is 73.2 cm³/mol. The Balaban J connectivity index is 1.58. The van der Waals surface area contributed by atoms with Gasteiger partial charge in [-0.15, -0.1) is 0 Å². The van der Waals surface area contributed by atoms with Crippen LogP contribution in [-0.4, -0.2) is 31.1 Å². The molecule has 0 radical (unpaired) electrons. The highest BCUT2D eigenvalue weighted by molar-refractivity contribution is 5.82. The van der Waals surface area contributed by atoms with E-state index < -0.39 is 0 Å². The molecule has 1 aromatic carbocycles. The summed E-state index contributed by atoms with van der Waals surface area (Å²) in [5.74, 6) is 1.07. The minimum absolute atomic E-state index is 0.0223. The van der Waals surface area contributed by atoms with Crippen LogP contribution in [0.4, 0.5) is 0 Å². The molecule has 1 aromatic rings. The fraction of sp³-hybridized carbons (Fsp3) is 0.533. The SMILES string of the molecule is O=C(NC1COc2ccccc2C1)[C@@H]1CCCCN1. The molecule has 1 saturated heterocycles. The third-order valence-corrected chi connectivity index (χ3v) is 3.85.